The van der Waals surface area contributed by atoms with E-state index in [1.165, 1.54) is 6.33 Å². The van der Waals surface area contributed by atoms with Gasteiger partial charge in [0.25, 0.3) is 0 Å². The highest BCUT2D eigenvalue weighted by molar-refractivity contribution is 7.80. The number of thiocarbonyl (C=S) groups is 1. The Balaban J connectivity index is 1.53. The molecule has 0 fully saturated rings. The summed E-state index contributed by atoms with van der Waals surface area (Å²) in [6.45, 7) is 4.47. The van der Waals surface area contributed by atoms with Gasteiger partial charge in [-0.25, -0.2) is 19.6 Å². The Morgan fingerprint density at radius 2 is 1.61 bits per heavy atom. The van der Waals surface area contributed by atoms with Gasteiger partial charge in [-0.15, -0.1) is 0 Å². The molecule has 0 atom stereocenters. The molecule has 0 amide bonds. The smallest absolute Gasteiger partial charge is 0.229 e. The van der Waals surface area contributed by atoms with E-state index < -0.39 is 0 Å². The Kier molecular flexibility index (Phi) is 6.96. The zero-order chi connectivity index (χ0) is 23.0. The van der Waals surface area contributed by atoms with Crippen molar-refractivity contribution >= 4 is 40.6 Å². The van der Waals surface area contributed by atoms with Crippen LogP contribution in [0.1, 0.15) is 17.0 Å². The van der Waals surface area contributed by atoms with Gasteiger partial charge in [0, 0.05) is 22.8 Å². The standard InChI is InChI=1S/C23H23N9S/c1-16-12-17(2)27-21(26-16)30-22(31-23(33)29-19-6-4-3-5-7-19)28-20-10-8-18(9-11-20)13-32-15-24-14-25-32/h3-12,14-15H,13H2,1-2H3,(H3,26,27,28,29,30,31,33). The van der Waals surface area contributed by atoms with E-state index in [1.54, 1.807) is 11.0 Å². The zero-order valence-electron chi connectivity index (χ0n) is 18.2. The van der Waals surface area contributed by atoms with E-state index in [4.69, 9.17) is 12.2 Å². The Bertz CT molecular complexity index is 1220. The molecule has 4 aromatic rings. The second-order valence-electron chi connectivity index (χ2n) is 7.27. The third kappa shape index (κ3) is 6.65. The van der Waals surface area contributed by atoms with Gasteiger partial charge in [0.05, 0.1) is 6.54 Å². The first-order valence-corrected chi connectivity index (χ1v) is 10.7. The fraction of sp³-hybridized carbons (Fsp3) is 0.130. The van der Waals surface area contributed by atoms with Crippen LogP contribution in [0.2, 0.25) is 0 Å². The summed E-state index contributed by atoms with van der Waals surface area (Å²) in [6.07, 6.45) is 3.21. The zero-order valence-corrected chi connectivity index (χ0v) is 19.0. The predicted molar refractivity (Wildman–Crippen MR) is 134 cm³/mol. The molecule has 33 heavy (non-hydrogen) atoms. The van der Waals surface area contributed by atoms with Crippen LogP contribution < -0.4 is 16.0 Å². The van der Waals surface area contributed by atoms with Crippen LogP contribution in [-0.4, -0.2) is 35.8 Å². The van der Waals surface area contributed by atoms with Crippen LogP contribution >= 0.6 is 12.2 Å². The lowest BCUT2D eigenvalue weighted by atomic mass is 10.2. The first-order valence-electron chi connectivity index (χ1n) is 10.3. The molecule has 0 bridgehead atoms. The number of nitrogens with one attached hydrogen (secondary N) is 3. The summed E-state index contributed by atoms with van der Waals surface area (Å²) in [5.74, 6) is 0.835. The Hall–Kier alpha value is -4.18. The lowest BCUT2D eigenvalue weighted by molar-refractivity contribution is 0.685. The summed E-state index contributed by atoms with van der Waals surface area (Å²) in [6, 6.07) is 19.5. The number of nitrogens with zero attached hydrogens (tertiary/aromatic N) is 6. The minimum Gasteiger partial charge on any atom is -0.331 e. The minimum absolute atomic E-state index is 0.295. The van der Waals surface area contributed by atoms with Gasteiger partial charge in [-0.1, -0.05) is 30.3 Å². The molecule has 0 aliphatic rings. The minimum atomic E-state index is 0.295. The maximum Gasteiger partial charge on any atom is 0.229 e. The number of guanidine groups is 1. The van der Waals surface area contributed by atoms with Crippen molar-refractivity contribution in [1.29, 1.82) is 0 Å². The molecule has 9 nitrogen and oxygen atoms in total. The van der Waals surface area contributed by atoms with Crippen LogP contribution in [0.25, 0.3) is 0 Å². The molecule has 10 heteroatoms. The number of rotatable bonds is 5. The maximum absolute atomic E-state index is 5.45. The van der Waals surface area contributed by atoms with E-state index in [-0.39, 0.29) is 0 Å². The molecule has 0 saturated heterocycles. The number of anilines is 3. The highest BCUT2D eigenvalue weighted by Crippen LogP contribution is 2.12. The van der Waals surface area contributed by atoms with Crippen LogP contribution in [0.3, 0.4) is 0 Å². The normalized spacial score (nSPS) is 11.2. The van der Waals surface area contributed by atoms with Gasteiger partial charge in [-0.05, 0) is 62.0 Å². The lowest BCUT2D eigenvalue weighted by Gasteiger charge is -2.13. The summed E-state index contributed by atoms with van der Waals surface area (Å²) in [4.78, 5) is 17.4. The molecule has 0 aliphatic carbocycles. The van der Waals surface area contributed by atoms with Crippen molar-refractivity contribution in [2.24, 2.45) is 4.99 Å². The van der Waals surface area contributed by atoms with Gasteiger partial charge >= 0.3 is 0 Å². The average Bonchev–Trinajstić information content (AvgIpc) is 3.28. The largest absolute Gasteiger partial charge is 0.331 e. The van der Waals surface area contributed by atoms with Crippen molar-refractivity contribution in [3.8, 4) is 0 Å². The van der Waals surface area contributed by atoms with Crippen molar-refractivity contribution in [1.82, 2.24) is 24.7 Å². The molecule has 0 spiro atoms. The number of para-hydroxylation sites is 1. The molecule has 2 heterocycles. The maximum atomic E-state index is 5.45. The molecule has 0 aliphatic heterocycles. The Morgan fingerprint density at radius 1 is 0.909 bits per heavy atom. The molecular weight excluding hydrogens is 434 g/mol. The molecule has 0 radical (unpaired) electrons. The van der Waals surface area contributed by atoms with Crippen LogP contribution in [0.4, 0.5) is 17.3 Å². The fourth-order valence-electron chi connectivity index (χ4n) is 3.08. The van der Waals surface area contributed by atoms with E-state index in [0.717, 1.165) is 28.3 Å². The van der Waals surface area contributed by atoms with E-state index in [9.17, 15) is 0 Å². The van der Waals surface area contributed by atoms with Crippen molar-refractivity contribution in [3.05, 3.63) is 90.3 Å². The molecule has 2 aromatic carbocycles. The van der Waals surface area contributed by atoms with Gasteiger partial charge in [0.1, 0.15) is 12.7 Å². The number of aryl methyl sites for hydroxylation is 2. The summed E-state index contributed by atoms with van der Waals surface area (Å²) >= 11 is 5.45. The SMILES string of the molecule is Cc1cc(C)nc(N/C(=N/C(=S)Nc2ccccc2)Nc2ccc(Cn3cncn3)cc2)n1. The van der Waals surface area contributed by atoms with E-state index in [1.807, 2.05) is 74.5 Å². The second kappa shape index (κ2) is 10.4. The van der Waals surface area contributed by atoms with Gasteiger partial charge in [-0.2, -0.15) is 10.1 Å². The Labute approximate surface area is 197 Å². The van der Waals surface area contributed by atoms with Crippen molar-refractivity contribution in [2.75, 3.05) is 16.0 Å². The second-order valence-corrected chi connectivity index (χ2v) is 7.66. The third-order valence-corrected chi connectivity index (χ3v) is 4.67. The highest BCUT2D eigenvalue weighted by Gasteiger charge is 2.08. The van der Waals surface area contributed by atoms with Crippen LogP contribution in [-0.2, 0) is 6.54 Å². The van der Waals surface area contributed by atoms with Gasteiger partial charge in [-0.3, -0.25) is 5.32 Å². The molecule has 0 unspecified atom stereocenters. The van der Waals surface area contributed by atoms with Gasteiger partial charge in [0.15, 0.2) is 0 Å². The molecule has 166 valence electrons. The quantitative estimate of drug-likeness (QED) is 0.235. The van der Waals surface area contributed by atoms with Crippen molar-refractivity contribution in [3.63, 3.8) is 0 Å². The lowest BCUT2D eigenvalue weighted by Crippen LogP contribution is -2.26. The third-order valence-electron chi connectivity index (χ3n) is 4.48. The highest BCUT2D eigenvalue weighted by atomic mass is 32.1. The van der Waals surface area contributed by atoms with Crippen LogP contribution in [0.15, 0.2) is 78.3 Å². The number of hydrogen-bond acceptors (Lipinski definition) is 5. The molecular formula is C23H23N9S. The van der Waals surface area contributed by atoms with E-state index in [2.05, 4.69) is 41.0 Å². The number of aliphatic imine (C=N–C) groups is 1. The van der Waals surface area contributed by atoms with Crippen molar-refractivity contribution in [2.45, 2.75) is 20.4 Å². The first-order chi connectivity index (χ1) is 16.0. The summed E-state index contributed by atoms with van der Waals surface area (Å²) in [7, 11) is 0. The van der Waals surface area contributed by atoms with Gasteiger partial charge in [0.2, 0.25) is 17.0 Å². The number of benzene rings is 2. The average molecular weight is 458 g/mol. The van der Waals surface area contributed by atoms with E-state index in [0.29, 0.717) is 23.6 Å². The topological polar surface area (TPSA) is 105 Å². The molecule has 0 saturated carbocycles. The molecule has 2 aromatic heterocycles. The van der Waals surface area contributed by atoms with Crippen molar-refractivity contribution < 1.29 is 0 Å². The fourth-order valence-corrected chi connectivity index (χ4v) is 3.29. The Morgan fingerprint density at radius 3 is 2.27 bits per heavy atom. The molecule has 3 N–H and O–H groups in total. The monoisotopic (exact) mass is 457 g/mol. The number of hydrogen-bond donors (Lipinski definition) is 3. The summed E-state index contributed by atoms with van der Waals surface area (Å²) in [5, 5.41) is 13.9. The summed E-state index contributed by atoms with van der Waals surface area (Å²) < 4.78 is 1.77. The van der Waals surface area contributed by atoms with Crippen LogP contribution in [0, 0.1) is 13.8 Å². The van der Waals surface area contributed by atoms with Crippen LogP contribution in [0.5, 0.6) is 0 Å². The number of aromatic nitrogens is 5. The van der Waals surface area contributed by atoms with Gasteiger partial charge < -0.3 is 10.6 Å². The first kappa shape index (κ1) is 22.0. The molecule has 4 rings (SSSR count). The summed E-state index contributed by atoms with van der Waals surface area (Å²) in [5.41, 5.74) is 4.48. The van der Waals surface area contributed by atoms with E-state index >= 15 is 0 Å². The predicted octanol–water partition coefficient (Wildman–Crippen LogP) is 4.01.